The molecular weight excluding hydrogens is 258 g/mol. The minimum atomic E-state index is -0.846. The van der Waals surface area contributed by atoms with Gasteiger partial charge in [-0.1, -0.05) is 11.6 Å². The van der Waals surface area contributed by atoms with Crippen LogP contribution in [0.25, 0.3) is 0 Å². The Bertz CT molecular complexity index is 340. The van der Waals surface area contributed by atoms with Crippen molar-refractivity contribution in [2.45, 2.75) is 11.0 Å². The molecule has 1 unspecified atom stereocenters. The van der Waals surface area contributed by atoms with Gasteiger partial charge in [-0.05, 0) is 24.3 Å². The molecule has 0 fully saturated rings. The van der Waals surface area contributed by atoms with Crippen molar-refractivity contribution < 1.29 is 4.79 Å². The maximum atomic E-state index is 11.5. The Balaban J connectivity index is 2.65. The predicted molar refractivity (Wildman–Crippen MR) is 62.4 cm³/mol. The van der Waals surface area contributed by atoms with E-state index >= 15 is 0 Å². The first-order valence-electron chi connectivity index (χ1n) is 4.11. The van der Waals surface area contributed by atoms with Gasteiger partial charge in [0.05, 0.1) is 0 Å². The number of hydrogen-bond donors (Lipinski definition) is 2. The molecule has 0 radical (unpaired) electrons. The zero-order valence-corrected chi connectivity index (χ0v) is 9.85. The number of carbonyl (C=O) groups is 1. The Morgan fingerprint density at radius 1 is 1.27 bits per heavy atom. The molecule has 0 aliphatic rings. The van der Waals surface area contributed by atoms with Crippen molar-refractivity contribution >= 4 is 40.7 Å². The van der Waals surface area contributed by atoms with Crippen LogP contribution in [0, 0.1) is 0 Å². The predicted octanol–water partition coefficient (Wildman–Crippen LogP) is 2.16. The molecule has 1 aromatic rings. The van der Waals surface area contributed by atoms with E-state index < -0.39 is 11.0 Å². The second kappa shape index (κ2) is 5.56. The lowest BCUT2D eigenvalue weighted by Gasteiger charge is -2.14. The fourth-order valence-electron chi connectivity index (χ4n) is 0.899. The van der Waals surface area contributed by atoms with Crippen LogP contribution in [0.1, 0.15) is 10.4 Å². The standard InChI is InChI=1S/C9H9Cl3N2O/c10-6-3-1-5(2-4-6)9(15)14-8(13)7(11)12/h1-4,7-8H,13H2,(H,14,15). The highest BCUT2D eigenvalue weighted by molar-refractivity contribution is 6.44. The molecule has 0 aliphatic carbocycles. The summed E-state index contributed by atoms with van der Waals surface area (Å²) in [5, 5.41) is 3.01. The molecule has 0 heterocycles. The summed E-state index contributed by atoms with van der Waals surface area (Å²) in [5.74, 6) is -0.342. The fraction of sp³-hybridized carbons (Fsp3) is 0.222. The second-order valence-corrected chi connectivity index (χ2v) is 4.44. The topological polar surface area (TPSA) is 55.1 Å². The average molecular weight is 268 g/mol. The molecule has 0 saturated heterocycles. The summed E-state index contributed by atoms with van der Waals surface area (Å²) in [6.45, 7) is 0. The lowest BCUT2D eigenvalue weighted by Crippen LogP contribution is -2.45. The third-order valence-electron chi connectivity index (χ3n) is 1.68. The molecule has 0 saturated carbocycles. The molecular formula is C9H9Cl3N2O. The van der Waals surface area contributed by atoms with Crippen LogP contribution in [0.15, 0.2) is 24.3 Å². The Morgan fingerprint density at radius 3 is 2.27 bits per heavy atom. The zero-order chi connectivity index (χ0) is 11.4. The Kier molecular flexibility index (Phi) is 4.67. The minimum Gasteiger partial charge on any atom is -0.334 e. The largest absolute Gasteiger partial charge is 0.334 e. The molecule has 1 atom stereocenters. The van der Waals surface area contributed by atoms with E-state index in [2.05, 4.69) is 5.32 Å². The third kappa shape index (κ3) is 3.87. The van der Waals surface area contributed by atoms with Crippen LogP contribution in [-0.4, -0.2) is 16.9 Å². The average Bonchev–Trinajstić information content (AvgIpc) is 2.18. The number of amides is 1. The molecule has 15 heavy (non-hydrogen) atoms. The smallest absolute Gasteiger partial charge is 0.252 e. The zero-order valence-electron chi connectivity index (χ0n) is 7.58. The first-order valence-corrected chi connectivity index (χ1v) is 5.36. The third-order valence-corrected chi connectivity index (χ3v) is 2.47. The SMILES string of the molecule is NC(NC(=O)c1ccc(Cl)cc1)C(Cl)Cl. The molecule has 3 nitrogen and oxygen atoms in total. The van der Waals surface area contributed by atoms with E-state index in [4.69, 9.17) is 40.5 Å². The lowest BCUT2D eigenvalue weighted by molar-refractivity contribution is 0.0940. The Hall–Kier alpha value is -0.480. The molecule has 0 aliphatic heterocycles. The summed E-state index contributed by atoms with van der Waals surface area (Å²) < 4.78 is 0. The molecule has 0 spiro atoms. The van der Waals surface area contributed by atoms with Gasteiger partial charge >= 0.3 is 0 Å². The summed E-state index contributed by atoms with van der Waals surface area (Å²) in [6.07, 6.45) is -0.795. The van der Waals surface area contributed by atoms with Crippen LogP contribution in [0.3, 0.4) is 0 Å². The number of benzene rings is 1. The summed E-state index contributed by atoms with van der Waals surface area (Å²) >= 11 is 16.7. The van der Waals surface area contributed by atoms with E-state index in [0.29, 0.717) is 10.6 Å². The number of halogens is 3. The molecule has 0 aromatic heterocycles. The van der Waals surface area contributed by atoms with Gasteiger partial charge in [0.25, 0.3) is 5.91 Å². The van der Waals surface area contributed by atoms with Gasteiger partial charge in [0.15, 0.2) is 0 Å². The van der Waals surface area contributed by atoms with Crippen molar-refractivity contribution in [3.05, 3.63) is 34.9 Å². The first-order chi connectivity index (χ1) is 7.00. The van der Waals surface area contributed by atoms with Crippen molar-refractivity contribution in [2.24, 2.45) is 5.73 Å². The molecule has 3 N–H and O–H groups in total. The molecule has 1 aromatic carbocycles. The van der Waals surface area contributed by atoms with Gasteiger partial charge in [0, 0.05) is 10.6 Å². The Morgan fingerprint density at radius 2 is 1.80 bits per heavy atom. The summed E-state index contributed by atoms with van der Waals surface area (Å²) in [5.41, 5.74) is 5.91. The van der Waals surface area contributed by atoms with Crippen molar-refractivity contribution in [1.29, 1.82) is 0 Å². The molecule has 6 heteroatoms. The van der Waals surface area contributed by atoms with E-state index in [-0.39, 0.29) is 5.91 Å². The van der Waals surface area contributed by atoms with Gasteiger partial charge in [-0.3, -0.25) is 4.79 Å². The number of nitrogens with one attached hydrogen (secondary N) is 1. The van der Waals surface area contributed by atoms with E-state index in [0.717, 1.165) is 0 Å². The van der Waals surface area contributed by atoms with E-state index in [9.17, 15) is 4.79 Å². The van der Waals surface area contributed by atoms with E-state index in [1.807, 2.05) is 0 Å². The number of hydrogen-bond acceptors (Lipinski definition) is 2. The van der Waals surface area contributed by atoms with Crippen LogP contribution in [0.4, 0.5) is 0 Å². The molecule has 82 valence electrons. The van der Waals surface area contributed by atoms with E-state index in [1.54, 1.807) is 24.3 Å². The summed E-state index contributed by atoms with van der Waals surface area (Å²) in [4.78, 5) is 10.7. The van der Waals surface area contributed by atoms with Gasteiger partial charge in [-0.25, -0.2) is 0 Å². The maximum Gasteiger partial charge on any atom is 0.252 e. The monoisotopic (exact) mass is 266 g/mol. The summed E-state index contributed by atoms with van der Waals surface area (Å²) in [6, 6.07) is 6.39. The highest BCUT2D eigenvalue weighted by Crippen LogP contribution is 2.10. The molecule has 1 amide bonds. The van der Waals surface area contributed by atoms with Gasteiger partial charge in [0.1, 0.15) is 11.0 Å². The first kappa shape index (κ1) is 12.6. The van der Waals surface area contributed by atoms with Crippen LogP contribution in [-0.2, 0) is 0 Å². The maximum absolute atomic E-state index is 11.5. The second-order valence-electron chi connectivity index (χ2n) is 2.84. The van der Waals surface area contributed by atoms with Gasteiger partial charge < -0.3 is 11.1 Å². The van der Waals surface area contributed by atoms with Crippen molar-refractivity contribution in [3.63, 3.8) is 0 Å². The van der Waals surface area contributed by atoms with Crippen molar-refractivity contribution in [1.82, 2.24) is 5.32 Å². The van der Waals surface area contributed by atoms with Gasteiger partial charge in [-0.2, -0.15) is 0 Å². The highest BCUT2D eigenvalue weighted by Gasteiger charge is 2.15. The molecule has 1 rings (SSSR count). The Labute approximate surface area is 102 Å². The van der Waals surface area contributed by atoms with Crippen LogP contribution in [0.5, 0.6) is 0 Å². The highest BCUT2D eigenvalue weighted by atomic mass is 35.5. The van der Waals surface area contributed by atoms with E-state index in [1.165, 1.54) is 0 Å². The summed E-state index contributed by atoms with van der Waals surface area (Å²) in [7, 11) is 0. The van der Waals surface area contributed by atoms with Crippen molar-refractivity contribution in [3.8, 4) is 0 Å². The normalized spacial score (nSPS) is 12.6. The van der Waals surface area contributed by atoms with Gasteiger partial charge in [0.2, 0.25) is 0 Å². The van der Waals surface area contributed by atoms with Gasteiger partial charge in [-0.15, -0.1) is 23.2 Å². The quantitative estimate of drug-likeness (QED) is 0.651. The van der Waals surface area contributed by atoms with Crippen molar-refractivity contribution in [2.75, 3.05) is 0 Å². The minimum absolute atomic E-state index is 0.342. The number of nitrogens with two attached hydrogens (primary N) is 1. The van der Waals surface area contributed by atoms with Crippen LogP contribution >= 0.6 is 34.8 Å². The van der Waals surface area contributed by atoms with Crippen LogP contribution in [0.2, 0.25) is 5.02 Å². The number of rotatable bonds is 3. The number of carbonyl (C=O) groups excluding carboxylic acids is 1. The fourth-order valence-corrected chi connectivity index (χ4v) is 1.15. The lowest BCUT2D eigenvalue weighted by atomic mass is 10.2. The number of alkyl halides is 2. The molecule has 0 bridgehead atoms. The van der Waals surface area contributed by atoms with Crippen LogP contribution < -0.4 is 11.1 Å².